The smallest absolute Gasteiger partial charge is 0.216 e. The molecule has 0 saturated carbocycles. The number of methoxy groups -OCH3 is 1. The second-order valence-electron chi connectivity index (χ2n) is 4.47. The number of nitrogen functional groups attached to an aromatic ring is 1. The number of hydrogen-bond donors (Lipinski definition) is 1. The lowest BCUT2D eigenvalue weighted by Gasteiger charge is -2.07. The van der Waals surface area contributed by atoms with Gasteiger partial charge in [0.15, 0.2) is 0 Å². The Morgan fingerprint density at radius 2 is 2.19 bits per heavy atom. The third-order valence-corrected chi connectivity index (χ3v) is 2.44. The fourth-order valence-corrected chi connectivity index (χ4v) is 1.60. The van der Waals surface area contributed by atoms with Crippen molar-refractivity contribution in [3.63, 3.8) is 0 Å². The highest BCUT2D eigenvalue weighted by Gasteiger charge is 2.27. The Balaban J connectivity index is 2.33. The molecular weight excluding hydrogens is 204 g/mol. The third-order valence-electron chi connectivity index (χ3n) is 2.44. The van der Waals surface area contributed by atoms with Gasteiger partial charge in [-0.15, -0.1) is 0 Å². The van der Waals surface area contributed by atoms with Gasteiger partial charge in [0.25, 0.3) is 0 Å². The maximum atomic E-state index is 5.83. The van der Waals surface area contributed by atoms with Crippen molar-refractivity contribution in [2.75, 3.05) is 19.5 Å². The predicted molar refractivity (Wildman–Crippen MR) is 64.0 cm³/mol. The summed E-state index contributed by atoms with van der Waals surface area (Å²) in [5.41, 5.74) is 7.17. The molecule has 0 radical (unpaired) electrons. The lowest BCUT2D eigenvalue weighted by molar-refractivity contribution is 0.279. The molecule has 4 heteroatoms. The van der Waals surface area contributed by atoms with E-state index in [2.05, 4.69) is 4.99 Å². The first-order valence-electron chi connectivity index (χ1n) is 5.18. The summed E-state index contributed by atoms with van der Waals surface area (Å²) in [6.07, 6.45) is 0. The summed E-state index contributed by atoms with van der Waals surface area (Å²) in [7, 11) is 1.60. The van der Waals surface area contributed by atoms with Crippen molar-refractivity contribution >= 4 is 11.6 Å². The molecule has 1 aromatic rings. The maximum Gasteiger partial charge on any atom is 0.216 e. The van der Waals surface area contributed by atoms with Crippen molar-refractivity contribution in [2.45, 2.75) is 19.4 Å². The predicted octanol–water partition coefficient (Wildman–Crippen LogP) is 1.83. The van der Waals surface area contributed by atoms with Crippen LogP contribution in [0, 0.1) is 0 Å². The van der Waals surface area contributed by atoms with Gasteiger partial charge < -0.3 is 15.2 Å². The zero-order valence-corrected chi connectivity index (χ0v) is 9.78. The second kappa shape index (κ2) is 3.70. The van der Waals surface area contributed by atoms with E-state index in [9.17, 15) is 0 Å². The van der Waals surface area contributed by atoms with Crippen molar-refractivity contribution in [2.24, 2.45) is 4.99 Å². The van der Waals surface area contributed by atoms with Crippen LogP contribution in [-0.2, 0) is 4.74 Å². The Morgan fingerprint density at radius 3 is 2.69 bits per heavy atom. The zero-order chi connectivity index (χ0) is 11.8. The minimum atomic E-state index is -0.149. The summed E-state index contributed by atoms with van der Waals surface area (Å²) in [6.45, 7) is 4.67. The Morgan fingerprint density at radius 1 is 1.44 bits per heavy atom. The van der Waals surface area contributed by atoms with Crippen LogP contribution < -0.4 is 10.5 Å². The highest BCUT2D eigenvalue weighted by molar-refractivity contribution is 5.96. The zero-order valence-electron chi connectivity index (χ0n) is 9.78. The van der Waals surface area contributed by atoms with E-state index in [0.717, 1.165) is 5.56 Å². The lowest BCUT2D eigenvalue weighted by Crippen LogP contribution is -2.17. The van der Waals surface area contributed by atoms with Crippen molar-refractivity contribution in [1.29, 1.82) is 0 Å². The molecular formula is C12H16N2O2. The summed E-state index contributed by atoms with van der Waals surface area (Å²) < 4.78 is 10.6. The number of anilines is 1. The Kier molecular flexibility index (Phi) is 2.50. The van der Waals surface area contributed by atoms with Gasteiger partial charge in [0.05, 0.1) is 18.3 Å². The molecule has 0 saturated heterocycles. The van der Waals surface area contributed by atoms with E-state index in [4.69, 9.17) is 15.2 Å². The van der Waals surface area contributed by atoms with E-state index in [1.54, 1.807) is 7.11 Å². The molecule has 0 unspecified atom stereocenters. The molecule has 0 spiro atoms. The normalized spacial score (nSPS) is 17.8. The summed E-state index contributed by atoms with van der Waals surface area (Å²) in [4.78, 5) is 4.49. The van der Waals surface area contributed by atoms with Crippen molar-refractivity contribution in [1.82, 2.24) is 0 Å². The van der Waals surface area contributed by atoms with Gasteiger partial charge in [-0.2, -0.15) is 0 Å². The fraction of sp³-hybridized carbons (Fsp3) is 0.417. The van der Waals surface area contributed by atoms with Crippen LogP contribution in [0.1, 0.15) is 19.4 Å². The number of nitrogens with two attached hydrogens (primary N) is 1. The molecule has 1 aromatic carbocycles. The molecule has 0 aliphatic carbocycles. The Labute approximate surface area is 95.1 Å². The highest BCUT2D eigenvalue weighted by Crippen LogP contribution is 2.26. The molecule has 0 amide bonds. The standard InChI is InChI=1S/C12H16N2O2/c1-12(2)7-16-11(14-12)8-4-5-10(15-3)9(13)6-8/h4-6H,7,13H2,1-3H3. The minimum absolute atomic E-state index is 0.149. The third kappa shape index (κ3) is 1.96. The van der Waals surface area contributed by atoms with Crippen LogP contribution >= 0.6 is 0 Å². The number of rotatable bonds is 2. The van der Waals surface area contributed by atoms with Crippen LogP contribution in [0.5, 0.6) is 5.75 Å². The van der Waals surface area contributed by atoms with E-state index in [1.165, 1.54) is 0 Å². The van der Waals surface area contributed by atoms with Gasteiger partial charge in [0.1, 0.15) is 12.4 Å². The van der Waals surface area contributed by atoms with E-state index >= 15 is 0 Å². The van der Waals surface area contributed by atoms with Crippen molar-refractivity contribution < 1.29 is 9.47 Å². The molecule has 4 nitrogen and oxygen atoms in total. The van der Waals surface area contributed by atoms with Gasteiger partial charge in [-0.25, -0.2) is 4.99 Å². The molecule has 1 aliphatic rings. The quantitative estimate of drug-likeness (QED) is 0.773. The molecule has 0 bridgehead atoms. The van der Waals surface area contributed by atoms with Gasteiger partial charge in [-0.3, -0.25) is 0 Å². The summed E-state index contributed by atoms with van der Waals surface area (Å²) in [6, 6.07) is 5.54. The maximum absolute atomic E-state index is 5.83. The monoisotopic (exact) mass is 220 g/mol. The number of benzene rings is 1. The largest absolute Gasteiger partial charge is 0.495 e. The van der Waals surface area contributed by atoms with E-state index in [-0.39, 0.29) is 5.54 Å². The summed E-state index contributed by atoms with van der Waals surface area (Å²) in [5.74, 6) is 1.32. The average Bonchev–Trinajstić information content (AvgIpc) is 2.59. The Hall–Kier alpha value is -1.71. The highest BCUT2D eigenvalue weighted by atomic mass is 16.5. The first-order chi connectivity index (χ1) is 7.52. The topological polar surface area (TPSA) is 56.8 Å². The van der Waals surface area contributed by atoms with Gasteiger partial charge in [-0.05, 0) is 32.0 Å². The molecule has 2 N–H and O–H groups in total. The summed E-state index contributed by atoms with van der Waals surface area (Å²) >= 11 is 0. The molecule has 0 aromatic heterocycles. The SMILES string of the molecule is COc1ccc(C2=NC(C)(C)CO2)cc1N. The van der Waals surface area contributed by atoms with E-state index in [0.29, 0.717) is 23.9 Å². The van der Waals surface area contributed by atoms with Crippen LogP contribution in [0.15, 0.2) is 23.2 Å². The van der Waals surface area contributed by atoms with Gasteiger partial charge >= 0.3 is 0 Å². The van der Waals surface area contributed by atoms with E-state index < -0.39 is 0 Å². The molecule has 0 atom stereocenters. The number of hydrogen-bond acceptors (Lipinski definition) is 4. The van der Waals surface area contributed by atoms with E-state index in [1.807, 2.05) is 32.0 Å². The molecule has 1 heterocycles. The Bertz CT molecular complexity index is 439. The second-order valence-corrected chi connectivity index (χ2v) is 4.47. The van der Waals surface area contributed by atoms with Gasteiger partial charge in [0, 0.05) is 5.56 Å². The number of nitrogens with zero attached hydrogens (tertiary/aromatic N) is 1. The summed E-state index contributed by atoms with van der Waals surface area (Å²) in [5, 5.41) is 0. The first-order valence-corrected chi connectivity index (χ1v) is 5.18. The molecule has 86 valence electrons. The lowest BCUT2D eigenvalue weighted by atomic mass is 10.1. The van der Waals surface area contributed by atoms with Crippen LogP contribution in [0.4, 0.5) is 5.69 Å². The van der Waals surface area contributed by atoms with Gasteiger partial charge in [0.2, 0.25) is 5.90 Å². The number of aliphatic imine (C=N–C) groups is 1. The van der Waals surface area contributed by atoms with Crippen LogP contribution in [-0.4, -0.2) is 25.2 Å². The van der Waals surface area contributed by atoms with Crippen molar-refractivity contribution in [3.05, 3.63) is 23.8 Å². The molecule has 16 heavy (non-hydrogen) atoms. The van der Waals surface area contributed by atoms with Crippen LogP contribution in [0.2, 0.25) is 0 Å². The molecule has 1 aliphatic heterocycles. The number of ether oxygens (including phenoxy) is 2. The fourth-order valence-electron chi connectivity index (χ4n) is 1.60. The average molecular weight is 220 g/mol. The van der Waals surface area contributed by atoms with Crippen molar-refractivity contribution in [3.8, 4) is 5.75 Å². The van der Waals surface area contributed by atoms with Crippen LogP contribution in [0.3, 0.4) is 0 Å². The first kappa shape index (κ1) is 10.8. The molecule has 0 fully saturated rings. The minimum Gasteiger partial charge on any atom is -0.495 e. The van der Waals surface area contributed by atoms with Crippen LogP contribution in [0.25, 0.3) is 0 Å². The van der Waals surface area contributed by atoms with Gasteiger partial charge in [-0.1, -0.05) is 0 Å². The molecule has 2 rings (SSSR count).